The van der Waals surface area contributed by atoms with Gasteiger partial charge in [-0.1, -0.05) is 13.8 Å². The van der Waals surface area contributed by atoms with Crippen LogP contribution in [0.5, 0.6) is 0 Å². The van der Waals surface area contributed by atoms with Crippen molar-refractivity contribution in [2.24, 2.45) is 5.73 Å². The summed E-state index contributed by atoms with van der Waals surface area (Å²) in [6.07, 6.45) is 3.76. The summed E-state index contributed by atoms with van der Waals surface area (Å²) in [7, 11) is 0. The third kappa shape index (κ3) is 2.87. The third-order valence-corrected chi connectivity index (χ3v) is 4.10. The van der Waals surface area contributed by atoms with Crippen LogP contribution in [0.4, 0.5) is 5.82 Å². The maximum Gasteiger partial charge on any atom is 0.154 e. The zero-order valence-corrected chi connectivity index (χ0v) is 12.9. The first-order valence-electron chi connectivity index (χ1n) is 7.70. The molecule has 0 spiro atoms. The van der Waals surface area contributed by atoms with E-state index >= 15 is 0 Å². The van der Waals surface area contributed by atoms with Crippen molar-refractivity contribution in [3.63, 3.8) is 0 Å². The molecule has 3 heterocycles. The van der Waals surface area contributed by atoms with E-state index in [4.69, 9.17) is 5.73 Å². The number of rotatable bonds is 4. The molecule has 1 aliphatic heterocycles. The van der Waals surface area contributed by atoms with Crippen LogP contribution in [-0.4, -0.2) is 58.8 Å². The second kappa shape index (κ2) is 5.99. The summed E-state index contributed by atoms with van der Waals surface area (Å²) in [5, 5.41) is 4.64. The second-order valence-corrected chi connectivity index (χ2v) is 5.92. The lowest BCUT2D eigenvalue weighted by molar-refractivity contribution is 0.264. The summed E-state index contributed by atoms with van der Waals surface area (Å²) in [6, 6.07) is 2.17. The molecule has 0 amide bonds. The van der Waals surface area contributed by atoms with E-state index in [0.29, 0.717) is 5.92 Å². The van der Waals surface area contributed by atoms with Crippen molar-refractivity contribution in [2.75, 3.05) is 44.2 Å². The number of anilines is 1. The summed E-state index contributed by atoms with van der Waals surface area (Å²) in [6.45, 7) is 10.1. The molecule has 1 aliphatic rings. The lowest BCUT2D eigenvalue weighted by atomic mass is 10.1. The van der Waals surface area contributed by atoms with Crippen molar-refractivity contribution in [2.45, 2.75) is 19.8 Å². The predicted molar refractivity (Wildman–Crippen MR) is 84.8 cm³/mol. The zero-order chi connectivity index (χ0) is 14.8. The van der Waals surface area contributed by atoms with Crippen molar-refractivity contribution < 1.29 is 0 Å². The summed E-state index contributed by atoms with van der Waals surface area (Å²) in [5.74, 6) is 1.48. The minimum Gasteiger partial charge on any atom is -0.352 e. The molecule has 0 aliphatic carbocycles. The molecule has 2 N–H and O–H groups in total. The Kier molecular flexibility index (Phi) is 4.07. The molecule has 1 fully saturated rings. The van der Waals surface area contributed by atoms with E-state index in [-0.39, 0.29) is 0 Å². The maximum atomic E-state index is 5.63. The number of piperazine rings is 1. The van der Waals surface area contributed by atoms with Crippen molar-refractivity contribution in [1.82, 2.24) is 19.5 Å². The number of fused-ring (bicyclic) bond motifs is 1. The highest BCUT2D eigenvalue weighted by Crippen LogP contribution is 2.23. The monoisotopic (exact) mass is 288 g/mol. The van der Waals surface area contributed by atoms with Crippen LogP contribution in [0.3, 0.4) is 0 Å². The Morgan fingerprint density at radius 3 is 2.67 bits per heavy atom. The first kappa shape index (κ1) is 14.3. The number of nitrogens with two attached hydrogens (primary N) is 1. The van der Waals surface area contributed by atoms with Crippen LogP contribution >= 0.6 is 0 Å². The van der Waals surface area contributed by atoms with Gasteiger partial charge in [-0.25, -0.2) is 9.50 Å². The predicted octanol–water partition coefficient (Wildman–Crippen LogP) is 0.933. The van der Waals surface area contributed by atoms with E-state index in [0.717, 1.165) is 56.3 Å². The number of hydrogen-bond acceptors (Lipinski definition) is 5. The Hall–Kier alpha value is -1.66. The molecule has 2 aromatic rings. The molecule has 0 bridgehead atoms. The van der Waals surface area contributed by atoms with Gasteiger partial charge in [0, 0.05) is 51.7 Å². The first-order chi connectivity index (χ1) is 10.2. The first-order valence-corrected chi connectivity index (χ1v) is 7.70. The molecule has 6 heteroatoms. The van der Waals surface area contributed by atoms with Gasteiger partial charge in [0.1, 0.15) is 5.52 Å². The standard InChI is InChI=1S/C15H24N6/c1-12(2)13-11-14-15(17-4-6-21(14)18-13)20-9-7-19(5-3-16)8-10-20/h4,6,11-12H,3,5,7-10,16H2,1-2H3. The van der Waals surface area contributed by atoms with Crippen molar-refractivity contribution >= 4 is 11.3 Å². The van der Waals surface area contributed by atoms with Crippen LogP contribution in [-0.2, 0) is 0 Å². The van der Waals surface area contributed by atoms with Gasteiger partial charge < -0.3 is 10.6 Å². The second-order valence-electron chi connectivity index (χ2n) is 5.92. The Labute approximate surface area is 125 Å². The smallest absolute Gasteiger partial charge is 0.154 e. The van der Waals surface area contributed by atoms with Gasteiger partial charge in [0.2, 0.25) is 0 Å². The van der Waals surface area contributed by atoms with E-state index in [9.17, 15) is 0 Å². The lowest BCUT2D eigenvalue weighted by Gasteiger charge is -2.35. The number of nitrogens with zero attached hydrogens (tertiary/aromatic N) is 5. The topological polar surface area (TPSA) is 62.7 Å². The SMILES string of the molecule is CC(C)c1cc2c(N3CCN(CCN)CC3)nccn2n1. The number of aromatic nitrogens is 3. The van der Waals surface area contributed by atoms with Crippen LogP contribution in [0.1, 0.15) is 25.5 Å². The molecule has 21 heavy (non-hydrogen) atoms. The van der Waals surface area contributed by atoms with Gasteiger partial charge in [-0.2, -0.15) is 5.10 Å². The Morgan fingerprint density at radius 2 is 2.00 bits per heavy atom. The molecule has 0 unspecified atom stereocenters. The highest BCUT2D eigenvalue weighted by molar-refractivity contribution is 5.69. The largest absolute Gasteiger partial charge is 0.352 e. The molecule has 114 valence electrons. The molecule has 1 saturated heterocycles. The van der Waals surface area contributed by atoms with Crippen molar-refractivity contribution in [3.8, 4) is 0 Å². The molecule has 0 saturated carbocycles. The Bertz CT molecular complexity index is 597. The third-order valence-electron chi connectivity index (χ3n) is 4.10. The van der Waals surface area contributed by atoms with Gasteiger partial charge in [0.25, 0.3) is 0 Å². The summed E-state index contributed by atoms with van der Waals surface area (Å²) < 4.78 is 1.95. The molecule has 0 aromatic carbocycles. The van der Waals surface area contributed by atoms with E-state index in [1.54, 1.807) is 0 Å². The normalized spacial score (nSPS) is 17.0. The van der Waals surface area contributed by atoms with Crippen molar-refractivity contribution in [1.29, 1.82) is 0 Å². The van der Waals surface area contributed by atoms with Gasteiger partial charge in [0.15, 0.2) is 5.82 Å². The summed E-state index contributed by atoms with van der Waals surface area (Å²) >= 11 is 0. The lowest BCUT2D eigenvalue weighted by Crippen LogP contribution is -2.48. The fourth-order valence-electron chi connectivity index (χ4n) is 2.82. The molecule has 3 rings (SSSR count). The van der Waals surface area contributed by atoms with Crippen molar-refractivity contribution in [3.05, 3.63) is 24.2 Å². The minimum atomic E-state index is 0.430. The highest BCUT2D eigenvalue weighted by atomic mass is 15.3. The van der Waals surface area contributed by atoms with Crippen LogP contribution in [0.25, 0.3) is 5.52 Å². The summed E-state index contributed by atoms with van der Waals surface area (Å²) in [4.78, 5) is 9.36. The van der Waals surface area contributed by atoms with E-state index in [1.807, 2.05) is 16.9 Å². The maximum absolute atomic E-state index is 5.63. The fourth-order valence-corrected chi connectivity index (χ4v) is 2.82. The summed E-state index contributed by atoms with van der Waals surface area (Å²) in [5.41, 5.74) is 7.85. The van der Waals surface area contributed by atoms with Crippen LogP contribution in [0, 0.1) is 0 Å². The molecule has 6 nitrogen and oxygen atoms in total. The van der Waals surface area contributed by atoms with Gasteiger partial charge in [-0.15, -0.1) is 0 Å². The molecule has 0 radical (unpaired) electrons. The minimum absolute atomic E-state index is 0.430. The van der Waals surface area contributed by atoms with Crippen LogP contribution in [0.2, 0.25) is 0 Å². The molecule has 0 atom stereocenters. The van der Waals surface area contributed by atoms with Gasteiger partial charge in [0.05, 0.1) is 5.69 Å². The zero-order valence-electron chi connectivity index (χ0n) is 12.9. The average molecular weight is 288 g/mol. The van der Waals surface area contributed by atoms with Crippen LogP contribution < -0.4 is 10.6 Å². The van der Waals surface area contributed by atoms with Gasteiger partial charge >= 0.3 is 0 Å². The quantitative estimate of drug-likeness (QED) is 0.907. The van der Waals surface area contributed by atoms with Gasteiger partial charge in [-0.3, -0.25) is 4.90 Å². The van der Waals surface area contributed by atoms with Gasteiger partial charge in [-0.05, 0) is 12.0 Å². The van der Waals surface area contributed by atoms with E-state index in [1.165, 1.54) is 0 Å². The fraction of sp³-hybridized carbons (Fsp3) is 0.600. The molecular formula is C15H24N6. The average Bonchev–Trinajstić information content (AvgIpc) is 2.93. The highest BCUT2D eigenvalue weighted by Gasteiger charge is 2.20. The number of hydrogen-bond donors (Lipinski definition) is 1. The molecule has 2 aromatic heterocycles. The Morgan fingerprint density at radius 1 is 1.24 bits per heavy atom. The van der Waals surface area contributed by atoms with E-state index < -0.39 is 0 Å². The van der Waals surface area contributed by atoms with Crippen LogP contribution in [0.15, 0.2) is 18.5 Å². The molecular weight excluding hydrogens is 264 g/mol. The Balaban J connectivity index is 1.84. The van der Waals surface area contributed by atoms with E-state index in [2.05, 4.69) is 39.8 Å².